The number of halogens is 1. The Morgan fingerprint density at radius 2 is 1.97 bits per heavy atom. The number of hydrogen-bond acceptors (Lipinski definition) is 3. The Morgan fingerprint density at radius 3 is 2.56 bits per heavy atom. The van der Waals surface area contributed by atoms with Crippen LogP contribution in [0.25, 0.3) is 6.08 Å². The van der Waals surface area contributed by atoms with Crippen LogP contribution in [0.5, 0.6) is 0 Å². The molecule has 3 rings (SSSR count). The van der Waals surface area contributed by atoms with Gasteiger partial charge in [-0.25, -0.2) is 4.98 Å². The molecular formula is C29H45ClN4. The predicted octanol–water partition coefficient (Wildman–Crippen LogP) is 7.50. The van der Waals surface area contributed by atoms with E-state index in [1.807, 2.05) is 51.4 Å². The van der Waals surface area contributed by atoms with Crippen LogP contribution >= 0.6 is 11.6 Å². The van der Waals surface area contributed by atoms with Gasteiger partial charge in [-0.05, 0) is 100.0 Å². The molecule has 34 heavy (non-hydrogen) atoms. The van der Waals surface area contributed by atoms with Gasteiger partial charge in [0.1, 0.15) is 5.82 Å². The molecule has 0 saturated carbocycles. The molecule has 1 unspecified atom stereocenters. The highest BCUT2D eigenvalue weighted by atomic mass is 35.5. The van der Waals surface area contributed by atoms with Crippen molar-refractivity contribution in [2.24, 2.45) is 11.7 Å². The van der Waals surface area contributed by atoms with Gasteiger partial charge in [0, 0.05) is 24.0 Å². The van der Waals surface area contributed by atoms with Gasteiger partial charge in [0.05, 0.1) is 0 Å². The number of benzene rings is 1. The van der Waals surface area contributed by atoms with Crippen LogP contribution in [0.4, 0.5) is 0 Å². The van der Waals surface area contributed by atoms with Crippen molar-refractivity contribution in [1.29, 1.82) is 0 Å². The van der Waals surface area contributed by atoms with Crippen LogP contribution in [0.2, 0.25) is 5.02 Å². The Hall–Kier alpha value is -2.30. The number of nitrogens with one attached hydrogen (secondary N) is 1. The molecule has 1 saturated heterocycles. The molecule has 4 nitrogen and oxygen atoms in total. The van der Waals surface area contributed by atoms with Gasteiger partial charge < -0.3 is 15.6 Å². The number of piperidine rings is 1. The van der Waals surface area contributed by atoms with Crippen molar-refractivity contribution in [2.75, 3.05) is 13.1 Å². The second-order valence-electron chi connectivity index (χ2n) is 8.18. The molecule has 2 heterocycles. The first-order valence-corrected chi connectivity index (χ1v) is 13.1. The van der Waals surface area contributed by atoms with E-state index >= 15 is 0 Å². The minimum atomic E-state index is 0.517. The van der Waals surface area contributed by atoms with Crippen LogP contribution in [0.15, 0.2) is 61.1 Å². The molecular weight excluding hydrogens is 440 g/mol. The summed E-state index contributed by atoms with van der Waals surface area (Å²) >= 11 is 6.21. The molecule has 1 aromatic carbocycles. The molecule has 1 aromatic heterocycles. The Bertz CT molecular complexity index is 876. The number of hydrogen-bond donors (Lipinski definition) is 2. The topological polar surface area (TPSA) is 55.9 Å². The first-order valence-electron chi connectivity index (χ1n) is 12.7. The number of aromatic nitrogens is 2. The van der Waals surface area contributed by atoms with E-state index < -0.39 is 0 Å². The Morgan fingerprint density at radius 1 is 1.24 bits per heavy atom. The minimum Gasteiger partial charge on any atom is -0.405 e. The van der Waals surface area contributed by atoms with Crippen molar-refractivity contribution in [3.63, 3.8) is 0 Å². The quantitative estimate of drug-likeness (QED) is 0.381. The summed E-state index contributed by atoms with van der Waals surface area (Å²) in [6.07, 6.45) is 20.5. The van der Waals surface area contributed by atoms with Gasteiger partial charge in [-0.1, -0.05) is 62.7 Å². The molecule has 1 aliphatic rings. The normalized spacial score (nSPS) is 15.2. The fourth-order valence-electron chi connectivity index (χ4n) is 4.28. The summed E-state index contributed by atoms with van der Waals surface area (Å²) in [7, 11) is 0. The van der Waals surface area contributed by atoms with E-state index in [2.05, 4.69) is 59.1 Å². The molecule has 1 fully saturated rings. The fraction of sp³-hybridized carbons (Fsp3) is 0.483. The standard InChI is InChI=1S/C20H27ClN2.C7H12N2.C2H6/c1-2-6-17-15-18(21)8-9-20(17)19(7-4-3-5-12-22)16-10-13-23-14-11-16;1-3-5-9-6-4-8-7(9)2;1-2/h2-6,8-9,12,15-16,19,23H,7,10-11,13-14,22H2,1H3;4,6H,3,5H2,1-2H3;1-2H3/b4-3-,6-2+,12-5-;;. The lowest BCUT2D eigenvalue weighted by atomic mass is 9.77. The maximum Gasteiger partial charge on any atom is 0.105 e. The maximum atomic E-state index is 6.21. The first kappa shape index (κ1) is 29.7. The predicted molar refractivity (Wildman–Crippen MR) is 150 cm³/mol. The summed E-state index contributed by atoms with van der Waals surface area (Å²) in [5.74, 6) is 2.33. The lowest BCUT2D eigenvalue weighted by Gasteiger charge is -2.31. The lowest BCUT2D eigenvalue weighted by Crippen LogP contribution is -2.31. The van der Waals surface area contributed by atoms with Crippen LogP contribution < -0.4 is 11.1 Å². The molecule has 1 aliphatic heterocycles. The highest BCUT2D eigenvalue weighted by Crippen LogP contribution is 2.37. The zero-order chi connectivity index (χ0) is 25.2. The van der Waals surface area contributed by atoms with E-state index in [0.717, 1.165) is 36.9 Å². The van der Waals surface area contributed by atoms with Gasteiger partial charge in [0.15, 0.2) is 0 Å². The third kappa shape index (κ3) is 10.3. The molecule has 0 radical (unpaired) electrons. The number of allylic oxidation sites excluding steroid dienone is 4. The van der Waals surface area contributed by atoms with Crippen LogP contribution in [0.1, 0.15) is 76.2 Å². The number of aryl methyl sites for hydroxylation is 2. The summed E-state index contributed by atoms with van der Waals surface area (Å²) in [6.45, 7) is 13.6. The highest BCUT2D eigenvalue weighted by Gasteiger charge is 2.25. The second-order valence-corrected chi connectivity index (χ2v) is 8.62. The molecule has 1 atom stereocenters. The molecule has 2 aromatic rings. The molecule has 0 amide bonds. The molecule has 0 bridgehead atoms. The van der Waals surface area contributed by atoms with Gasteiger partial charge >= 0.3 is 0 Å². The molecule has 5 heteroatoms. The number of rotatable bonds is 8. The minimum absolute atomic E-state index is 0.517. The van der Waals surface area contributed by atoms with Crippen molar-refractivity contribution >= 4 is 17.7 Å². The van der Waals surface area contributed by atoms with Gasteiger partial charge in [-0.2, -0.15) is 0 Å². The SMILES string of the molecule is C/C=C/c1cc(Cl)ccc1C(C/C=C\C=C/N)C1CCNCC1.CC.CCCn1ccnc1C. The third-order valence-electron chi connectivity index (χ3n) is 5.88. The average Bonchev–Trinajstić information content (AvgIpc) is 3.27. The van der Waals surface area contributed by atoms with Gasteiger partial charge in [-0.3, -0.25) is 0 Å². The average molecular weight is 485 g/mol. The Balaban J connectivity index is 0.000000437. The smallest absolute Gasteiger partial charge is 0.105 e. The van der Waals surface area contributed by atoms with Crippen molar-refractivity contribution < 1.29 is 0 Å². The van der Waals surface area contributed by atoms with E-state index in [9.17, 15) is 0 Å². The van der Waals surface area contributed by atoms with Crippen LogP contribution in [-0.2, 0) is 6.54 Å². The van der Waals surface area contributed by atoms with Crippen molar-refractivity contribution in [3.8, 4) is 0 Å². The van der Waals surface area contributed by atoms with Crippen molar-refractivity contribution in [3.05, 3.63) is 83.1 Å². The maximum absolute atomic E-state index is 6.21. The number of nitrogens with zero attached hydrogens (tertiary/aromatic N) is 2. The Kier molecular flexibility index (Phi) is 15.8. The summed E-state index contributed by atoms with van der Waals surface area (Å²) in [4.78, 5) is 4.10. The molecule has 0 spiro atoms. The third-order valence-corrected chi connectivity index (χ3v) is 6.12. The highest BCUT2D eigenvalue weighted by molar-refractivity contribution is 6.30. The lowest BCUT2D eigenvalue weighted by molar-refractivity contribution is 0.318. The summed E-state index contributed by atoms with van der Waals surface area (Å²) in [6, 6.07) is 6.30. The zero-order valence-corrected chi connectivity index (χ0v) is 22.6. The summed E-state index contributed by atoms with van der Waals surface area (Å²) in [5.41, 5.74) is 8.06. The monoisotopic (exact) mass is 484 g/mol. The number of imidazole rings is 1. The molecule has 0 aliphatic carbocycles. The van der Waals surface area contributed by atoms with E-state index in [1.54, 1.807) is 6.20 Å². The van der Waals surface area contributed by atoms with Crippen molar-refractivity contribution in [1.82, 2.24) is 14.9 Å². The van der Waals surface area contributed by atoms with E-state index in [0.29, 0.717) is 11.8 Å². The van der Waals surface area contributed by atoms with Crippen molar-refractivity contribution in [2.45, 2.75) is 72.8 Å². The largest absolute Gasteiger partial charge is 0.405 e. The fourth-order valence-corrected chi connectivity index (χ4v) is 4.46. The summed E-state index contributed by atoms with van der Waals surface area (Å²) in [5, 5.41) is 4.26. The van der Waals surface area contributed by atoms with Gasteiger partial charge in [-0.15, -0.1) is 0 Å². The van der Waals surface area contributed by atoms with Crippen LogP contribution in [-0.4, -0.2) is 22.6 Å². The number of nitrogens with two attached hydrogens (primary N) is 1. The van der Waals surface area contributed by atoms with Crippen LogP contribution in [0.3, 0.4) is 0 Å². The van der Waals surface area contributed by atoms with E-state index in [1.165, 1.54) is 30.4 Å². The summed E-state index contributed by atoms with van der Waals surface area (Å²) < 4.78 is 2.15. The van der Waals surface area contributed by atoms with E-state index in [4.69, 9.17) is 17.3 Å². The Labute approximate surface area is 213 Å². The van der Waals surface area contributed by atoms with Crippen LogP contribution in [0, 0.1) is 12.8 Å². The molecule has 3 N–H and O–H groups in total. The van der Waals surface area contributed by atoms with Gasteiger partial charge in [0.2, 0.25) is 0 Å². The van der Waals surface area contributed by atoms with Gasteiger partial charge in [0.25, 0.3) is 0 Å². The first-order chi connectivity index (χ1) is 16.6. The molecule has 188 valence electrons. The second kappa shape index (κ2) is 18.1. The zero-order valence-electron chi connectivity index (χ0n) is 21.8. The van der Waals surface area contributed by atoms with E-state index in [-0.39, 0.29) is 0 Å².